The summed E-state index contributed by atoms with van der Waals surface area (Å²) in [5.74, 6) is 0. The zero-order valence-corrected chi connectivity index (χ0v) is 3.42. The third-order valence-electron chi connectivity index (χ3n) is 0.609. The molecule has 0 aromatic rings. The van der Waals surface area contributed by atoms with Crippen LogP contribution in [0.3, 0.4) is 0 Å². The molecule has 0 atom stereocenters. The van der Waals surface area contributed by atoms with Crippen LogP contribution in [0, 0.1) is 0 Å². The first-order valence-electron chi connectivity index (χ1n) is 2.38. The smallest absolute Gasteiger partial charge is 0.155 e. The van der Waals surface area contributed by atoms with Crippen molar-refractivity contribution in [2.24, 2.45) is 0 Å². The van der Waals surface area contributed by atoms with Gasteiger partial charge in [0.05, 0.1) is 6.61 Å². The first-order chi connectivity index (χ1) is 3.39. The van der Waals surface area contributed by atoms with Crippen LogP contribution in [0.5, 0.6) is 0 Å². The summed E-state index contributed by atoms with van der Waals surface area (Å²) in [5.41, 5.74) is 1.06. The molecule has 6 heavy (non-hydrogen) atoms. The predicted octanol–water partition coefficient (Wildman–Crippen LogP) is 0.0774. The van der Waals surface area contributed by atoms with Gasteiger partial charge in [-0.05, 0) is 0 Å². The Morgan fingerprint density at radius 3 is 3.17 bits per heavy atom. The molecule has 2 nitrogen and oxygen atoms in total. The van der Waals surface area contributed by atoms with Gasteiger partial charge in [-0.2, -0.15) is 5.47 Å². The molecule has 0 radical (unpaired) electrons. The number of hydrogen-bond acceptors (Lipinski definition) is 2. The average Bonchev–Trinajstić information content (AvgIpc) is 1.69. The van der Waals surface area contributed by atoms with E-state index in [9.17, 15) is 0 Å². The van der Waals surface area contributed by atoms with E-state index in [1.165, 1.54) is 0 Å². The van der Waals surface area contributed by atoms with Crippen LogP contribution >= 0.6 is 0 Å². The minimum absolute atomic E-state index is 0.545. The molecule has 1 aliphatic rings. The lowest BCUT2D eigenvalue weighted by Crippen LogP contribution is -2.17. The highest BCUT2D eigenvalue weighted by Gasteiger charge is 1.83. The SMILES string of the molecule is [2H]N1CC=CCO1. The summed E-state index contributed by atoms with van der Waals surface area (Å²) in [6.07, 6.45) is 3.79. The Balaban J connectivity index is 2.32. The molecule has 2 heteroatoms. The maximum atomic E-state index is 6.83. The second kappa shape index (κ2) is 1.95. The topological polar surface area (TPSA) is 21.3 Å². The van der Waals surface area contributed by atoms with E-state index < -0.39 is 0 Å². The zero-order chi connectivity index (χ0) is 5.11. The molecule has 0 spiro atoms. The van der Waals surface area contributed by atoms with E-state index in [1.807, 2.05) is 12.2 Å². The highest BCUT2D eigenvalue weighted by molar-refractivity contribution is 4.84. The van der Waals surface area contributed by atoms with E-state index in [2.05, 4.69) is 0 Å². The molecule has 1 heterocycles. The molecule has 34 valence electrons. The molecule has 0 bridgehead atoms. The summed E-state index contributed by atoms with van der Waals surface area (Å²) in [6.45, 7) is 1.13. The fourth-order valence-corrected chi connectivity index (χ4v) is 0.334. The minimum atomic E-state index is 0.545. The number of hydroxylamine groups is 1. The van der Waals surface area contributed by atoms with Crippen LogP contribution in [0.4, 0.5) is 0 Å². The van der Waals surface area contributed by atoms with E-state index in [4.69, 9.17) is 6.25 Å². The lowest BCUT2D eigenvalue weighted by Gasteiger charge is -2.02. The first kappa shape index (κ1) is 2.77. The molecular formula is C4H7NO. The minimum Gasteiger partial charge on any atom is -0.297 e. The van der Waals surface area contributed by atoms with Crippen molar-refractivity contribution in [3.63, 3.8) is 0 Å². The monoisotopic (exact) mass is 86.1 g/mol. The van der Waals surface area contributed by atoms with Gasteiger partial charge in [0.25, 0.3) is 0 Å². The molecule has 0 aliphatic carbocycles. The molecule has 0 aromatic carbocycles. The van der Waals surface area contributed by atoms with Crippen molar-refractivity contribution in [3.8, 4) is 0 Å². The maximum Gasteiger partial charge on any atom is 0.155 e. The van der Waals surface area contributed by atoms with Gasteiger partial charge in [0.2, 0.25) is 0 Å². The van der Waals surface area contributed by atoms with Gasteiger partial charge >= 0.3 is 0 Å². The van der Waals surface area contributed by atoms with Crippen molar-refractivity contribution in [2.75, 3.05) is 13.2 Å². The van der Waals surface area contributed by atoms with Gasteiger partial charge in [-0.3, -0.25) is 4.84 Å². The molecule has 0 amide bonds. The van der Waals surface area contributed by atoms with Gasteiger partial charge in [0, 0.05) is 6.54 Å². The van der Waals surface area contributed by atoms with Crippen LogP contribution in [0.15, 0.2) is 12.2 Å². The molecule has 0 aromatic heterocycles. The first-order valence-corrected chi connectivity index (χ1v) is 1.94. The van der Waals surface area contributed by atoms with Crippen molar-refractivity contribution < 1.29 is 6.25 Å². The Bertz CT molecular complexity index is 83.8. The third-order valence-corrected chi connectivity index (χ3v) is 0.609. The molecule has 1 rings (SSSR count). The van der Waals surface area contributed by atoms with E-state index in [0.717, 1.165) is 5.47 Å². The van der Waals surface area contributed by atoms with Crippen molar-refractivity contribution in [3.05, 3.63) is 12.2 Å². The van der Waals surface area contributed by atoms with Gasteiger partial charge in [-0.15, -0.1) is 0 Å². The summed E-state index contributed by atoms with van der Waals surface area (Å²) < 4.78 is 6.83. The predicted molar refractivity (Wildman–Crippen MR) is 23.1 cm³/mol. The third kappa shape index (κ3) is 0.808. The fourth-order valence-electron chi connectivity index (χ4n) is 0.334. The van der Waals surface area contributed by atoms with Gasteiger partial charge in [-0.1, -0.05) is 12.2 Å². The van der Waals surface area contributed by atoms with E-state index >= 15 is 0 Å². The van der Waals surface area contributed by atoms with Crippen molar-refractivity contribution >= 4 is 0 Å². The Hall–Kier alpha value is -0.340. The molecule has 0 saturated carbocycles. The van der Waals surface area contributed by atoms with E-state index in [-0.39, 0.29) is 0 Å². The lowest BCUT2D eigenvalue weighted by atomic mass is 10.5. The normalized spacial score (nSPS) is 27.0. The van der Waals surface area contributed by atoms with Gasteiger partial charge in [0.1, 0.15) is 0 Å². The second-order valence-corrected chi connectivity index (χ2v) is 1.08. The number of hydrogen-bond donors (Lipinski definition) is 1. The van der Waals surface area contributed by atoms with Gasteiger partial charge in [0.15, 0.2) is 1.41 Å². The Kier molecular flexibility index (Phi) is 0.900. The standard InChI is InChI=1S/C4H7NO/c1-2-4-6-5-3-1/h1-2,5H,3-4H2/i/hD. The van der Waals surface area contributed by atoms with Gasteiger partial charge < -0.3 is 0 Å². The Labute approximate surface area is 38.2 Å². The number of rotatable bonds is 0. The van der Waals surface area contributed by atoms with E-state index in [1.54, 1.807) is 0 Å². The highest BCUT2D eigenvalue weighted by atomic mass is 16.6. The lowest BCUT2D eigenvalue weighted by molar-refractivity contribution is 0.0627. The quantitative estimate of drug-likeness (QED) is 0.421. The summed E-state index contributed by atoms with van der Waals surface area (Å²) in [4.78, 5) is 4.69. The summed E-state index contributed by atoms with van der Waals surface area (Å²) in [6, 6.07) is 0. The van der Waals surface area contributed by atoms with E-state index in [0.29, 0.717) is 13.2 Å². The van der Waals surface area contributed by atoms with Crippen LogP contribution in [0.1, 0.15) is 0 Å². The van der Waals surface area contributed by atoms with Crippen LogP contribution in [0.25, 0.3) is 0 Å². The highest BCUT2D eigenvalue weighted by Crippen LogP contribution is 1.78. The summed E-state index contributed by atoms with van der Waals surface area (Å²) in [7, 11) is 0. The molecule has 0 fully saturated rings. The van der Waals surface area contributed by atoms with Crippen LogP contribution in [-0.4, -0.2) is 13.2 Å². The van der Waals surface area contributed by atoms with Crippen molar-refractivity contribution in [2.45, 2.75) is 0 Å². The Morgan fingerprint density at radius 2 is 2.83 bits per heavy atom. The molecule has 1 aliphatic heterocycles. The summed E-state index contributed by atoms with van der Waals surface area (Å²) >= 11 is 0. The number of nitrogens with one attached hydrogen (secondary N) is 1. The largest absolute Gasteiger partial charge is 0.297 e. The zero-order valence-electron chi connectivity index (χ0n) is 4.42. The molecule has 0 saturated heterocycles. The second-order valence-electron chi connectivity index (χ2n) is 1.08. The summed E-state index contributed by atoms with van der Waals surface area (Å²) in [5, 5.41) is 0. The Morgan fingerprint density at radius 1 is 1.83 bits per heavy atom. The van der Waals surface area contributed by atoms with Crippen LogP contribution in [-0.2, 0) is 4.84 Å². The van der Waals surface area contributed by atoms with Crippen molar-refractivity contribution in [1.29, 1.82) is 0 Å². The molecular weight excluding hydrogens is 78.0 g/mol. The molecule has 1 N–H and O–H groups in total. The van der Waals surface area contributed by atoms with Crippen LogP contribution < -0.4 is 5.47 Å². The van der Waals surface area contributed by atoms with Crippen molar-refractivity contribution in [1.82, 2.24) is 5.47 Å². The fraction of sp³-hybridized carbons (Fsp3) is 0.500. The van der Waals surface area contributed by atoms with Gasteiger partial charge in [-0.25, -0.2) is 0 Å². The average molecular weight is 86.1 g/mol. The molecule has 0 unspecified atom stereocenters. The van der Waals surface area contributed by atoms with Crippen LogP contribution in [0.2, 0.25) is 1.41 Å². The maximum absolute atomic E-state index is 6.83.